The third-order valence-corrected chi connectivity index (χ3v) is 8.46. The monoisotopic (exact) mass is 712 g/mol. The number of carboxylic acid groups (broad SMARTS) is 1. The number of aromatic nitrogens is 2. The van der Waals surface area contributed by atoms with Gasteiger partial charge in [0.2, 0.25) is 11.8 Å². The second kappa shape index (κ2) is 19.2. The number of piperidine rings is 1. The molecule has 1 fully saturated rings. The van der Waals surface area contributed by atoms with Crippen LogP contribution >= 0.6 is 0 Å². The zero-order chi connectivity index (χ0) is 37.7. The summed E-state index contributed by atoms with van der Waals surface area (Å²) in [5.74, 6) is 0.298. The Morgan fingerprint density at radius 2 is 1.69 bits per heavy atom. The molecule has 4 rings (SSSR count). The highest BCUT2D eigenvalue weighted by Crippen LogP contribution is 2.33. The normalized spacial score (nSPS) is 16.0. The van der Waals surface area contributed by atoms with Crippen LogP contribution in [0.25, 0.3) is 0 Å². The summed E-state index contributed by atoms with van der Waals surface area (Å²) >= 11 is 0. The van der Waals surface area contributed by atoms with Crippen LogP contribution in [-0.2, 0) is 38.6 Å². The van der Waals surface area contributed by atoms with Crippen LogP contribution in [0.15, 0.2) is 24.3 Å². The van der Waals surface area contributed by atoms with Crippen molar-refractivity contribution in [3.05, 3.63) is 41.0 Å². The predicted molar refractivity (Wildman–Crippen MR) is 194 cm³/mol. The number of ether oxygens (including phenoxy) is 2. The molecule has 3 amide bonds. The van der Waals surface area contributed by atoms with E-state index in [0.29, 0.717) is 42.8 Å². The van der Waals surface area contributed by atoms with E-state index in [4.69, 9.17) is 26.0 Å². The molecule has 0 bridgehead atoms. The number of nitrogen functional groups attached to an aromatic ring is 1. The van der Waals surface area contributed by atoms with Gasteiger partial charge in [-0.1, -0.05) is 37.6 Å². The van der Waals surface area contributed by atoms with Gasteiger partial charge in [0.15, 0.2) is 0 Å². The van der Waals surface area contributed by atoms with E-state index in [1.807, 2.05) is 0 Å². The molecule has 3 heterocycles. The van der Waals surface area contributed by atoms with Gasteiger partial charge in [-0.25, -0.2) is 4.79 Å². The minimum absolute atomic E-state index is 0.0317. The van der Waals surface area contributed by atoms with Crippen LogP contribution in [0.3, 0.4) is 0 Å². The average molecular weight is 713 g/mol. The lowest BCUT2D eigenvalue weighted by atomic mass is 9.93. The Kier molecular flexibility index (Phi) is 15.4. The minimum Gasteiger partial charge on any atom is -0.480 e. The summed E-state index contributed by atoms with van der Waals surface area (Å²) in [6, 6.07) is 7.28. The molecule has 0 radical (unpaired) electrons. The molecular weight excluding hydrogens is 656 g/mol. The second-order valence-electron chi connectivity index (χ2n) is 14.2. The van der Waals surface area contributed by atoms with E-state index in [0.717, 1.165) is 57.3 Å². The first-order valence-corrected chi connectivity index (χ1v) is 17.7. The lowest BCUT2D eigenvalue weighted by molar-refractivity contribution is -0.139. The molecule has 7 N–H and O–H groups in total. The molecule has 0 saturated carbocycles. The van der Waals surface area contributed by atoms with E-state index in [-0.39, 0.29) is 24.2 Å². The van der Waals surface area contributed by atoms with Crippen LogP contribution in [0, 0.1) is 5.92 Å². The van der Waals surface area contributed by atoms with Crippen molar-refractivity contribution in [2.24, 2.45) is 11.7 Å². The van der Waals surface area contributed by atoms with Gasteiger partial charge >= 0.3 is 18.1 Å². The number of rotatable bonds is 14. The molecule has 0 spiro atoms. The van der Waals surface area contributed by atoms with Crippen molar-refractivity contribution in [2.75, 3.05) is 36.9 Å². The third kappa shape index (κ3) is 13.6. The Morgan fingerprint density at radius 3 is 2.25 bits per heavy atom. The molecular formula is C36H56N8O7. The van der Waals surface area contributed by atoms with Crippen molar-refractivity contribution >= 4 is 35.5 Å². The summed E-state index contributed by atoms with van der Waals surface area (Å²) in [4.78, 5) is 58.6. The van der Waals surface area contributed by atoms with Crippen molar-refractivity contribution in [1.29, 1.82) is 0 Å². The largest absolute Gasteiger partial charge is 0.480 e. The number of likely N-dealkylation sites (tertiary alicyclic amines) is 1. The number of unbranched alkanes of at least 4 members (excludes halogenated alkanes) is 1. The first-order valence-electron chi connectivity index (χ1n) is 17.7. The van der Waals surface area contributed by atoms with Crippen LogP contribution in [0.4, 0.5) is 16.4 Å². The number of carboxylic acids is 1. The van der Waals surface area contributed by atoms with Gasteiger partial charge in [0.1, 0.15) is 23.3 Å². The van der Waals surface area contributed by atoms with E-state index < -0.39 is 29.7 Å². The minimum atomic E-state index is -1.09. The molecule has 15 nitrogen and oxygen atoms in total. The molecule has 282 valence electrons. The standard InChI is InChI=1S/C28H41N7O3.C8H15NO4/c1-3-4-15-38-28-32-25(30)23-16-24(36)35(26(23)33-28)18-22-7-5-21(6-8-22)17-34-13-10-20(11-14-34)9-12-31-27(37)19(2)29;1-5(6(10)11)9-7(12)13-8(2,3)4/h5-8,19-20H,3-4,9-18,29H2,1-2H3,(H,31,37)(H2,30,32,33);5H,1-4H3,(H,9,12)(H,10,11)/t19-;5-/m10/s1. The summed E-state index contributed by atoms with van der Waals surface area (Å²) < 4.78 is 10.5. The van der Waals surface area contributed by atoms with Crippen molar-refractivity contribution < 1.29 is 33.8 Å². The fraction of sp³-hybridized carbons (Fsp3) is 0.611. The molecule has 2 aliphatic heterocycles. The molecule has 15 heteroatoms. The van der Waals surface area contributed by atoms with Gasteiger partial charge in [0.05, 0.1) is 25.6 Å². The zero-order valence-electron chi connectivity index (χ0n) is 30.9. The molecule has 1 aromatic carbocycles. The molecule has 0 aliphatic carbocycles. The van der Waals surface area contributed by atoms with Crippen LogP contribution < -0.4 is 31.7 Å². The molecule has 2 atom stereocenters. The van der Waals surface area contributed by atoms with Crippen molar-refractivity contribution in [3.63, 3.8) is 0 Å². The van der Waals surface area contributed by atoms with Gasteiger partial charge in [-0.05, 0) is 90.4 Å². The Labute approximate surface area is 300 Å². The number of aliphatic carboxylic acids is 1. The molecule has 0 unspecified atom stereocenters. The maximum Gasteiger partial charge on any atom is 0.408 e. The zero-order valence-corrected chi connectivity index (χ0v) is 30.9. The Morgan fingerprint density at radius 1 is 1.06 bits per heavy atom. The maximum atomic E-state index is 12.8. The first-order chi connectivity index (χ1) is 24.1. The average Bonchev–Trinajstić information content (AvgIpc) is 3.37. The summed E-state index contributed by atoms with van der Waals surface area (Å²) in [6.07, 6.45) is 4.68. The summed E-state index contributed by atoms with van der Waals surface area (Å²) in [6.45, 7) is 14.9. The predicted octanol–water partition coefficient (Wildman–Crippen LogP) is 3.38. The highest BCUT2D eigenvalue weighted by molar-refractivity contribution is 6.01. The van der Waals surface area contributed by atoms with E-state index in [1.165, 1.54) is 12.5 Å². The van der Waals surface area contributed by atoms with Crippen molar-refractivity contribution in [3.8, 4) is 6.01 Å². The number of hydrogen-bond donors (Lipinski definition) is 5. The number of nitrogens with zero attached hydrogens (tertiary/aromatic N) is 4. The molecule has 51 heavy (non-hydrogen) atoms. The second-order valence-corrected chi connectivity index (χ2v) is 14.2. The number of alkyl carbamates (subject to hydrolysis) is 1. The van der Waals surface area contributed by atoms with Crippen LogP contribution in [-0.4, -0.2) is 87.8 Å². The van der Waals surface area contributed by atoms with Crippen LogP contribution in [0.5, 0.6) is 6.01 Å². The summed E-state index contributed by atoms with van der Waals surface area (Å²) in [5, 5.41) is 13.5. The van der Waals surface area contributed by atoms with E-state index in [9.17, 15) is 19.2 Å². The molecule has 1 aromatic heterocycles. The van der Waals surface area contributed by atoms with Gasteiger partial charge in [-0.3, -0.25) is 24.2 Å². The van der Waals surface area contributed by atoms with Crippen LogP contribution in [0.2, 0.25) is 0 Å². The van der Waals surface area contributed by atoms with Gasteiger partial charge in [0.25, 0.3) is 0 Å². The number of carbonyl (C=O) groups excluding carboxylic acids is 3. The topological polar surface area (TPSA) is 215 Å². The number of anilines is 2. The molecule has 1 saturated heterocycles. The van der Waals surface area contributed by atoms with Gasteiger partial charge in [-0.2, -0.15) is 9.97 Å². The Balaban J connectivity index is 0.000000460. The Hall–Kier alpha value is -4.50. The van der Waals surface area contributed by atoms with Crippen molar-refractivity contribution in [2.45, 2.75) is 111 Å². The third-order valence-electron chi connectivity index (χ3n) is 8.46. The summed E-state index contributed by atoms with van der Waals surface area (Å²) in [5.41, 5.74) is 14.1. The van der Waals surface area contributed by atoms with Crippen LogP contribution in [0.1, 0.15) is 90.3 Å². The maximum absolute atomic E-state index is 12.8. The fourth-order valence-corrected chi connectivity index (χ4v) is 5.49. The molecule has 2 aromatic rings. The van der Waals surface area contributed by atoms with Gasteiger partial charge in [-0.15, -0.1) is 0 Å². The van der Waals surface area contributed by atoms with Crippen molar-refractivity contribution in [1.82, 2.24) is 25.5 Å². The smallest absolute Gasteiger partial charge is 0.408 e. The number of fused-ring (bicyclic) bond motifs is 1. The Bertz CT molecular complexity index is 1470. The summed E-state index contributed by atoms with van der Waals surface area (Å²) in [7, 11) is 0. The SMILES string of the molecule is CCCCOc1nc(N)c2c(n1)N(Cc1ccc(CN3CCC(CCNC(=O)[C@@H](C)N)CC3)cc1)C(=O)C2.C[C@H](NC(=O)OC(C)(C)C)C(=O)O. The number of nitrogens with two attached hydrogens (primary N) is 2. The first kappa shape index (κ1) is 40.9. The fourth-order valence-electron chi connectivity index (χ4n) is 5.49. The van der Waals surface area contributed by atoms with Gasteiger partial charge < -0.3 is 36.7 Å². The van der Waals surface area contributed by atoms with E-state index >= 15 is 0 Å². The highest BCUT2D eigenvalue weighted by Gasteiger charge is 2.32. The molecule has 2 aliphatic rings. The lowest BCUT2D eigenvalue weighted by Crippen LogP contribution is -2.41. The van der Waals surface area contributed by atoms with Gasteiger partial charge in [0, 0.05) is 18.7 Å². The number of benzene rings is 1. The highest BCUT2D eigenvalue weighted by atomic mass is 16.6. The number of nitrogens with one attached hydrogen (secondary N) is 2. The van der Waals surface area contributed by atoms with E-state index in [1.54, 1.807) is 32.6 Å². The lowest BCUT2D eigenvalue weighted by Gasteiger charge is -2.32. The number of carbonyl (C=O) groups is 4. The number of amides is 3. The van der Waals surface area contributed by atoms with E-state index in [2.05, 4.69) is 56.7 Å². The number of hydrogen-bond acceptors (Lipinski definition) is 11. The quantitative estimate of drug-likeness (QED) is 0.178.